The number of hydrogen-bond acceptors (Lipinski definition) is 4. The first kappa shape index (κ1) is 11.6. The number of rotatable bonds is 5. The first-order valence-corrected chi connectivity index (χ1v) is 5.07. The molecular weight excluding hydrogens is 196 g/mol. The minimum atomic E-state index is -0.833. The normalized spacial score (nSPS) is 14.9. The van der Waals surface area contributed by atoms with Crippen molar-refractivity contribution < 1.29 is 9.90 Å². The Morgan fingerprint density at radius 3 is 2.73 bits per heavy atom. The van der Waals surface area contributed by atoms with E-state index >= 15 is 0 Å². The van der Waals surface area contributed by atoms with Crippen LogP contribution in [0.2, 0.25) is 0 Å². The molecule has 2 unspecified atom stereocenters. The van der Waals surface area contributed by atoms with E-state index in [-0.39, 0.29) is 6.04 Å². The fraction of sp³-hybridized carbons (Fsp3) is 0.778. The van der Waals surface area contributed by atoms with Crippen LogP contribution < -0.4 is 0 Å². The number of aromatic nitrogens is 4. The van der Waals surface area contributed by atoms with E-state index in [2.05, 4.69) is 15.5 Å². The van der Waals surface area contributed by atoms with Gasteiger partial charge in [-0.05, 0) is 30.7 Å². The highest BCUT2D eigenvalue weighted by Gasteiger charge is 2.23. The highest BCUT2D eigenvalue weighted by atomic mass is 16.4. The monoisotopic (exact) mass is 212 g/mol. The highest BCUT2D eigenvalue weighted by molar-refractivity contribution is 5.70. The molecule has 0 bridgehead atoms. The Morgan fingerprint density at radius 2 is 2.20 bits per heavy atom. The lowest BCUT2D eigenvalue weighted by Crippen LogP contribution is -2.24. The number of carboxylic acids is 1. The number of aliphatic carboxylic acids is 1. The van der Waals surface area contributed by atoms with Crippen LogP contribution in [0, 0.1) is 5.92 Å². The molecule has 0 spiro atoms. The number of nitrogens with zero attached hydrogens (tertiary/aromatic N) is 4. The summed E-state index contributed by atoms with van der Waals surface area (Å²) in [4.78, 5) is 10.8. The van der Waals surface area contributed by atoms with Gasteiger partial charge in [-0.25, -0.2) is 4.68 Å². The third-order valence-corrected chi connectivity index (χ3v) is 2.53. The van der Waals surface area contributed by atoms with Crippen LogP contribution >= 0.6 is 0 Å². The van der Waals surface area contributed by atoms with E-state index in [1.807, 2.05) is 13.8 Å². The molecule has 1 heterocycles. The van der Waals surface area contributed by atoms with Gasteiger partial charge in [0.1, 0.15) is 0 Å². The average molecular weight is 212 g/mol. The van der Waals surface area contributed by atoms with E-state index in [4.69, 9.17) is 5.11 Å². The zero-order valence-corrected chi connectivity index (χ0v) is 9.21. The Kier molecular flexibility index (Phi) is 3.76. The van der Waals surface area contributed by atoms with Crippen molar-refractivity contribution in [1.82, 2.24) is 20.2 Å². The Balaban J connectivity index is 2.85. The molecule has 1 N–H and O–H groups in total. The van der Waals surface area contributed by atoms with E-state index in [1.165, 1.54) is 0 Å². The molecule has 0 saturated carbocycles. The second-order valence-electron chi connectivity index (χ2n) is 3.66. The van der Waals surface area contributed by atoms with Crippen LogP contribution in [0.4, 0.5) is 0 Å². The number of carboxylic acid groups (broad SMARTS) is 1. The highest BCUT2D eigenvalue weighted by Crippen LogP contribution is 2.17. The van der Waals surface area contributed by atoms with Gasteiger partial charge in [0.2, 0.25) is 0 Å². The standard InChI is InChI=1S/C9H16N4O2/c1-4-5-8-10-11-12-13(8)7(3)6(2)9(14)15/h6-7H,4-5H2,1-3H3,(H,14,15). The molecule has 0 amide bonds. The molecule has 1 aromatic rings. The molecule has 15 heavy (non-hydrogen) atoms. The number of tetrazole rings is 1. The molecule has 0 aliphatic carbocycles. The predicted molar refractivity (Wildman–Crippen MR) is 53.3 cm³/mol. The molecule has 1 aromatic heterocycles. The van der Waals surface area contributed by atoms with Gasteiger partial charge in [0.05, 0.1) is 12.0 Å². The molecule has 1 rings (SSSR count). The van der Waals surface area contributed by atoms with Gasteiger partial charge in [0.25, 0.3) is 0 Å². The van der Waals surface area contributed by atoms with Crippen LogP contribution in [0.1, 0.15) is 39.1 Å². The summed E-state index contributed by atoms with van der Waals surface area (Å²) in [5, 5.41) is 20.2. The van der Waals surface area contributed by atoms with Crippen LogP contribution in [0.25, 0.3) is 0 Å². The van der Waals surface area contributed by atoms with Gasteiger partial charge in [-0.1, -0.05) is 6.92 Å². The van der Waals surface area contributed by atoms with Crippen LogP contribution in [-0.4, -0.2) is 31.3 Å². The van der Waals surface area contributed by atoms with Crippen LogP contribution in [0.3, 0.4) is 0 Å². The molecule has 6 nitrogen and oxygen atoms in total. The third kappa shape index (κ3) is 2.51. The predicted octanol–water partition coefficient (Wildman–Crippen LogP) is 0.907. The Bertz CT molecular complexity index is 337. The SMILES string of the molecule is CCCc1nnnn1C(C)C(C)C(=O)O. The Hall–Kier alpha value is -1.46. The topological polar surface area (TPSA) is 80.9 Å². The molecule has 84 valence electrons. The maximum atomic E-state index is 10.8. The van der Waals surface area contributed by atoms with E-state index in [1.54, 1.807) is 11.6 Å². The van der Waals surface area contributed by atoms with Crippen molar-refractivity contribution >= 4 is 5.97 Å². The van der Waals surface area contributed by atoms with Crippen molar-refractivity contribution in [2.75, 3.05) is 0 Å². The molecular formula is C9H16N4O2. The summed E-state index contributed by atoms with van der Waals surface area (Å²) in [5.41, 5.74) is 0. The van der Waals surface area contributed by atoms with Gasteiger partial charge in [-0.3, -0.25) is 4.79 Å². The molecule has 0 radical (unpaired) electrons. The largest absolute Gasteiger partial charge is 0.481 e. The number of hydrogen-bond donors (Lipinski definition) is 1. The fourth-order valence-corrected chi connectivity index (χ4v) is 1.33. The summed E-state index contributed by atoms with van der Waals surface area (Å²) in [7, 11) is 0. The third-order valence-electron chi connectivity index (χ3n) is 2.53. The summed E-state index contributed by atoms with van der Waals surface area (Å²) in [6, 6.07) is -0.223. The lowest BCUT2D eigenvalue weighted by Gasteiger charge is -2.16. The number of carbonyl (C=O) groups is 1. The second kappa shape index (κ2) is 4.86. The molecule has 0 aliphatic heterocycles. The van der Waals surface area contributed by atoms with E-state index in [9.17, 15) is 4.79 Å². The second-order valence-corrected chi connectivity index (χ2v) is 3.66. The fourth-order valence-electron chi connectivity index (χ4n) is 1.33. The minimum absolute atomic E-state index is 0.223. The average Bonchev–Trinajstić information content (AvgIpc) is 2.64. The van der Waals surface area contributed by atoms with E-state index in [0.29, 0.717) is 0 Å². The first-order chi connectivity index (χ1) is 7.07. The van der Waals surface area contributed by atoms with Crippen molar-refractivity contribution in [2.24, 2.45) is 5.92 Å². The van der Waals surface area contributed by atoms with Gasteiger partial charge in [0, 0.05) is 6.42 Å². The van der Waals surface area contributed by atoms with Gasteiger partial charge in [-0.15, -0.1) is 5.10 Å². The Labute approximate surface area is 88.3 Å². The summed E-state index contributed by atoms with van der Waals surface area (Å²) in [6.07, 6.45) is 1.71. The quantitative estimate of drug-likeness (QED) is 0.784. The van der Waals surface area contributed by atoms with Crippen molar-refractivity contribution in [2.45, 2.75) is 39.7 Å². The molecule has 2 atom stereocenters. The molecule has 6 heteroatoms. The van der Waals surface area contributed by atoms with Gasteiger partial charge in [-0.2, -0.15) is 0 Å². The Morgan fingerprint density at radius 1 is 1.53 bits per heavy atom. The summed E-state index contributed by atoms with van der Waals surface area (Å²) in [5.74, 6) is -0.581. The summed E-state index contributed by atoms with van der Waals surface area (Å²) in [6.45, 7) is 5.50. The smallest absolute Gasteiger partial charge is 0.308 e. The molecule has 0 fully saturated rings. The van der Waals surface area contributed by atoms with Crippen LogP contribution in [-0.2, 0) is 11.2 Å². The van der Waals surface area contributed by atoms with Gasteiger partial charge >= 0.3 is 5.97 Å². The summed E-state index contributed by atoms with van der Waals surface area (Å²) >= 11 is 0. The minimum Gasteiger partial charge on any atom is -0.481 e. The first-order valence-electron chi connectivity index (χ1n) is 5.07. The van der Waals surface area contributed by atoms with Crippen molar-refractivity contribution in [1.29, 1.82) is 0 Å². The molecule has 0 aromatic carbocycles. The molecule has 0 saturated heterocycles. The van der Waals surface area contributed by atoms with Gasteiger partial charge in [0.15, 0.2) is 5.82 Å². The van der Waals surface area contributed by atoms with Crippen molar-refractivity contribution in [3.8, 4) is 0 Å². The lowest BCUT2D eigenvalue weighted by atomic mass is 10.0. The maximum Gasteiger partial charge on any atom is 0.308 e. The van der Waals surface area contributed by atoms with Crippen molar-refractivity contribution in [3.05, 3.63) is 5.82 Å². The summed E-state index contributed by atoms with van der Waals surface area (Å²) < 4.78 is 1.60. The zero-order chi connectivity index (χ0) is 11.4. The van der Waals surface area contributed by atoms with Crippen LogP contribution in [0.15, 0.2) is 0 Å². The zero-order valence-electron chi connectivity index (χ0n) is 9.21. The van der Waals surface area contributed by atoms with E-state index < -0.39 is 11.9 Å². The molecule has 0 aliphatic rings. The van der Waals surface area contributed by atoms with Gasteiger partial charge < -0.3 is 5.11 Å². The number of aryl methyl sites for hydroxylation is 1. The van der Waals surface area contributed by atoms with Crippen molar-refractivity contribution in [3.63, 3.8) is 0 Å². The maximum absolute atomic E-state index is 10.8. The van der Waals surface area contributed by atoms with Crippen LogP contribution in [0.5, 0.6) is 0 Å². The lowest BCUT2D eigenvalue weighted by molar-refractivity contribution is -0.142. The van der Waals surface area contributed by atoms with E-state index in [0.717, 1.165) is 18.7 Å².